The van der Waals surface area contributed by atoms with Gasteiger partial charge in [0, 0.05) is 17.4 Å². The molecule has 0 aliphatic carbocycles. The molecule has 0 saturated carbocycles. The van der Waals surface area contributed by atoms with Gasteiger partial charge in [0.25, 0.3) is 0 Å². The maximum Gasteiger partial charge on any atom is 0.417 e. The lowest BCUT2D eigenvalue weighted by Gasteiger charge is -2.31. The SMILES string of the molecule is COC(=O)[C@H]1O[C@@](C)(C(F)(F)F)[C@@H](C)[C@H]1c1cc(I)c(F)c(F)c1O. The van der Waals surface area contributed by atoms with E-state index in [0.717, 1.165) is 27.0 Å². The first kappa shape index (κ1) is 20.1. The van der Waals surface area contributed by atoms with E-state index in [4.69, 9.17) is 4.74 Å². The number of aromatic hydroxyl groups is 1. The van der Waals surface area contributed by atoms with Crippen molar-refractivity contribution in [3.05, 3.63) is 26.8 Å². The molecule has 1 aliphatic heterocycles. The summed E-state index contributed by atoms with van der Waals surface area (Å²) in [6.07, 6.45) is -6.58. The van der Waals surface area contributed by atoms with Crippen molar-refractivity contribution in [2.45, 2.75) is 37.6 Å². The van der Waals surface area contributed by atoms with Crippen LogP contribution in [0, 0.1) is 21.1 Å². The molecule has 0 bridgehead atoms. The molecule has 140 valence electrons. The number of hydrogen-bond donors (Lipinski definition) is 1. The first-order chi connectivity index (χ1) is 11.4. The number of hydrogen-bond acceptors (Lipinski definition) is 4. The molecule has 0 spiro atoms. The Labute approximate surface area is 153 Å². The lowest BCUT2D eigenvalue weighted by atomic mass is 9.77. The molecular weight excluding hydrogens is 466 g/mol. The number of esters is 1. The van der Waals surface area contributed by atoms with E-state index in [0.29, 0.717) is 0 Å². The minimum absolute atomic E-state index is 0.251. The van der Waals surface area contributed by atoms with Gasteiger partial charge < -0.3 is 14.6 Å². The molecule has 0 unspecified atom stereocenters. The Balaban J connectivity index is 2.67. The molecular formula is C15H14F5IO4. The van der Waals surface area contributed by atoms with E-state index < -0.39 is 53.1 Å². The van der Waals surface area contributed by atoms with Gasteiger partial charge in [-0.1, -0.05) is 6.92 Å². The van der Waals surface area contributed by atoms with Crippen LogP contribution in [0.4, 0.5) is 22.0 Å². The van der Waals surface area contributed by atoms with Crippen LogP contribution < -0.4 is 0 Å². The number of ether oxygens (including phenoxy) is 2. The Morgan fingerprint density at radius 1 is 1.36 bits per heavy atom. The second-order valence-corrected chi connectivity index (χ2v) is 7.07. The molecule has 25 heavy (non-hydrogen) atoms. The molecule has 2 rings (SSSR count). The quantitative estimate of drug-likeness (QED) is 0.302. The van der Waals surface area contributed by atoms with Crippen molar-refractivity contribution in [3.8, 4) is 5.75 Å². The van der Waals surface area contributed by atoms with Crippen LogP contribution in [0.25, 0.3) is 0 Å². The van der Waals surface area contributed by atoms with E-state index in [1.54, 1.807) is 0 Å². The molecule has 10 heteroatoms. The summed E-state index contributed by atoms with van der Waals surface area (Å²) in [6, 6.07) is 0.997. The molecule has 1 aromatic rings. The third-order valence-electron chi connectivity index (χ3n) is 4.63. The van der Waals surface area contributed by atoms with Gasteiger partial charge in [0.15, 0.2) is 23.3 Å². The molecule has 1 N–H and O–H groups in total. The molecule has 4 nitrogen and oxygen atoms in total. The Hall–Kier alpha value is -1.17. The Kier molecular flexibility index (Phi) is 5.26. The summed E-state index contributed by atoms with van der Waals surface area (Å²) in [5, 5.41) is 9.92. The Morgan fingerprint density at radius 3 is 2.40 bits per heavy atom. The van der Waals surface area contributed by atoms with Crippen LogP contribution in [-0.4, -0.2) is 36.1 Å². The van der Waals surface area contributed by atoms with E-state index in [9.17, 15) is 31.9 Å². The summed E-state index contributed by atoms with van der Waals surface area (Å²) in [6.45, 7) is 1.92. The zero-order valence-corrected chi connectivity index (χ0v) is 15.4. The molecule has 1 aliphatic rings. The Morgan fingerprint density at radius 2 is 1.92 bits per heavy atom. The van der Waals surface area contributed by atoms with E-state index in [1.807, 2.05) is 0 Å². The van der Waals surface area contributed by atoms with Gasteiger partial charge in [-0.3, -0.25) is 0 Å². The zero-order valence-electron chi connectivity index (χ0n) is 13.2. The van der Waals surface area contributed by atoms with Crippen molar-refractivity contribution in [1.29, 1.82) is 0 Å². The molecule has 1 saturated heterocycles. The second kappa shape index (κ2) is 6.53. The van der Waals surface area contributed by atoms with Crippen LogP contribution in [0.15, 0.2) is 6.07 Å². The lowest BCUT2D eigenvalue weighted by Crippen LogP contribution is -2.47. The van der Waals surface area contributed by atoms with Crippen molar-refractivity contribution in [2.24, 2.45) is 5.92 Å². The first-order valence-corrected chi connectivity index (χ1v) is 8.13. The highest BCUT2D eigenvalue weighted by Gasteiger charge is 2.66. The van der Waals surface area contributed by atoms with Crippen LogP contribution in [-0.2, 0) is 14.3 Å². The average Bonchev–Trinajstić information content (AvgIpc) is 2.81. The molecule has 1 heterocycles. The first-order valence-electron chi connectivity index (χ1n) is 7.05. The monoisotopic (exact) mass is 480 g/mol. The predicted molar refractivity (Wildman–Crippen MR) is 84.0 cm³/mol. The normalized spacial score (nSPS) is 29.7. The molecule has 1 aromatic carbocycles. The van der Waals surface area contributed by atoms with E-state index in [2.05, 4.69) is 4.74 Å². The van der Waals surface area contributed by atoms with Crippen molar-refractivity contribution in [2.75, 3.05) is 7.11 Å². The van der Waals surface area contributed by atoms with Crippen LogP contribution in [0.1, 0.15) is 25.3 Å². The van der Waals surface area contributed by atoms with Gasteiger partial charge in [0.1, 0.15) is 0 Å². The maximum absolute atomic E-state index is 13.9. The number of rotatable bonds is 2. The van der Waals surface area contributed by atoms with Crippen LogP contribution >= 0.6 is 22.6 Å². The van der Waals surface area contributed by atoms with E-state index in [-0.39, 0.29) is 9.13 Å². The smallest absolute Gasteiger partial charge is 0.417 e. The van der Waals surface area contributed by atoms with Gasteiger partial charge in [-0.25, -0.2) is 9.18 Å². The number of phenols is 1. The van der Waals surface area contributed by atoms with Crippen molar-refractivity contribution in [1.82, 2.24) is 0 Å². The summed E-state index contributed by atoms with van der Waals surface area (Å²) in [7, 11) is 0.964. The fourth-order valence-electron chi connectivity index (χ4n) is 2.98. The van der Waals surface area contributed by atoms with Crippen LogP contribution in [0.3, 0.4) is 0 Å². The van der Waals surface area contributed by atoms with Gasteiger partial charge in [-0.05, 0) is 35.6 Å². The largest absolute Gasteiger partial charge is 0.505 e. The summed E-state index contributed by atoms with van der Waals surface area (Å²) in [5.74, 6) is -7.96. The Bertz CT molecular complexity index is 708. The minimum Gasteiger partial charge on any atom is -0.505 e. The fraction of sp³-hybridized carbons (Fsp3) is 0.533. The highest BCUT2D eigenvalue weighted by Crippen LogP contribution is 2.55. The number of benzene rings is 1. The second-order valence-electron chi connectivity index (χ2n) is 5.91. The van der Waals surface area contributed by atoms with Gasteiger partial charge in [-0.2, -0.15) is 17.6 Å². The maximum atomic E-state index is 13.9. The third-order valence-corrected chi connectivity index (χ3v) is 5.41. The number of phenolic OH excluding ortho intramolecular Hbond substituents is 1. The number of methoxy groups -OCH3 is 1. The standard InChI is InChI=1S/C15H14F5IO4/c1-5-8(6-4-7(21)9(16)10(17)11(6)22)12(13(23)24-3)25-14(5,2)15(18,19)20/h4-5,8,12,22H,1-3H3/t5-,8-,12-,14+/m0/s1. The molecule has 0 radical (unpaired) electrons. The van der Waals surface area contributed by atoms with E-state index >= 15 is 0 Å². The third kappa shape index (κ3) is 3.07. The highest BCUT2D eigenvalue weighted by atomic mass is 127. The lowest BCUT2D eigenvalue weighted by molar-refractivity contribution is -0.274. The number of carbonyl (C=O) groups excluding carboxylic acids is 1. The molecule has 0 aromatic heterocycles. The summed E-state index contributed by atoms with van der Waals surface area (Å²) < 4.78 is 77.1. The van der Waals surface area contributed by atoms with Crippen LogP contribution in [0.5, 0.6) is 5.75 Å². The van der Waals surface area contributed by atoms with Crippen molar-refractivity contribution >= 4 is 28.6 Å². The number of alkyl halides is 3. The van der Waals surface area contributed by atoms with Crippen molar-refractivity contribution < 1.29 is 41.3 Å². The van der Waals surface area contributed by atoms with Gasteiger partial charge >= 0.3 is 12.1 Å². The van der Waals surface area contributed by atoms with Crippen molar-refractivity contribution in [3.63, 3.8) is 0 Å². The summed E-state index contributed by atoms with van der Waals surface area (Å²) >= 11 is 1.44. The van der Waals surface area contributed by atoms with Gasteiger partial charge in [-0.15, -0.1) is 0 Å². The van der Waals surface area contributed by atoms with Crippen LogP contribution in [0.2, 0.25) is 0 Å². The van der Waals surface area contributed by atoms with E-state index in [1.165, 1.54) is 22.6 Å². The average molecular weight is 480 g/mol. The summed E-state index contributed by atoms with van der Waals surface area (Å²) in [4.78, 5) is 11.9. The molecule has 1 fully saturated rings. The number of halogens is 6. The van der Waals surface area contributed by atoms with Gasteiger partial charge in [0.2, 0.25) is 5.82 Å². The molecule has 0 amide bonds. The minimum atomic E-state index is -4.84. The summed E-state index contributed by atoms with van der Waals surface area (Å²) in [5.41, 5.74) is -3.08. The fourth-order valence-corrected chi connectivity index (χ4v) is 3.55. The molecule has 4 atom stereocenters. The topological polar surface area (TPSA) is 55.8 Å². The van der Waals surface area contributed by atoms with Gasteiger partial charge in [0.05, 0.1) is 10.7 Å². The predicted octanol–water partition coefficient (Wildman–Crippen LogP) is 3.89. The number of carbonyl (C=O) groups is 1. The highest BCUT2D eigenvalue weighted by molar-refractivity contribution is 14.1. The zero-order chi connectivity index (χ0) is 19.3.